The number of thiophene rings is 1. The first-order valence-electron chi connectivity index (χ1n) is 11.5. The van der Waals surface area contributed by atoms with Crippen LogP contribution in [0.1, 0.15) is 30.7 Å². The third-order valence-electron chi connectivity index (χ3n) is 6.30. The minimum Gasteiger partial charge on any atom is -0.497 e. The van der Waals surface area contributed by atoms with Crippen LogP contribution >= 0.6 is 23.1 Å². The lowest BCUT2D eigenvalue weighted by Gasteiger charge is -2.26. The maximum Gasteiger partial charge on any atom is 0.267 e. The standard InChI is InChI=1S/C24H29N3O5S3/c1-5-19-15(3)21-22(34-19)25-24(27(23(21)29)16-8-7-9-18(12-16)32-4)33-13-20(28)26(6-2)17-10-11-35(30,31)14-17/h7-9,12,17H,5-6,10-11,13-14H2,1-4H3/t17-/m1/s1. The molecule has 188 valence electrons. The van der Waals surface area contributed by atoms with Crippen molar-refractivity contribution in [3.05, 3.63) is 45.1 Å². The normalized spacial score (nSPS) is 17.1. The highest BCUT2D eigenvalue weighted by molar-refractivity contribution is 7.99. The lowest BCUT2D eigenvalue weighted by Crippen LogP contribution is -2.42. The fourth-order valence-electron chi connectivity index (χ4n) is 4.49. The molecule has 1 amide bonds. The van der Waals surface area contributed by atoms with E-state index in [1.165, 1.54) is 27.7 Å². The maximum absolute atomic E-state index is 13.7. The topological polar surface area (TPSA) is 98.6 Å². The van der Waals surface area contributed by atoms with Crippen molar-refractivity contribution in [3.8, 4) is 11.4 Å². The molecule has 0 bridgehead atoms. The van der Waals surface area contributed by atoms with Crippen LogP contribution in [-0.2, 0) is 21.1 Å². The second-order valence-corrected chi connectivity index (χ2v) is 12.7. The first kappa shape index (κ1) is 25.7. The van der Waals surface area contributed by atoms with Gasteiger partial charge in [-0.3, -0.25) is 14.2 Å². The Hall–Kier alpha value is -2.37. The molecule has 1 fully saturated rings. The van der Waals surface area contributed by atoms with E-state index in [4.69, 9.17) is 9.72 Å². The molecular formula is C24H29N3O5S3. The van der Waals surface area contributed by atoms with Crippen LogP contribution < -0.4 is 10.3 Å². The minimum absolute atomic E-state index is 0.00421. The summed E-state index contributed by atoms with van der Waals surface area (Å²) in [6, 6.07) is 6.89. The van der Waals surface area contributed by atoms with E-state index in [1.54, 1.807) is 24.1 Å². The first-order chi connectivity index (χ1) is 16.7. The number of rotatable bonds is 8. The molecule has 3 heterocycles. The van der Waals surface area contributed by atoms with Gasteiger partial charge in [-0.1, -0.05) is 24.8 Å². The number of hydrogen-bond acceptors (Lipinski definition) is 8. The Morgan fingerprint density at radius 1 is 1.34 bits per heavy atom. The lowest BCUT2D eigenvalue weighted by atomic mass is 10.2. The van der Waals surface area contributed by atoms with Crippen molar-refractivity contribution < 1.29 is 17.9 Å². The number of aryl methyl sites for hydroxylation is 2. The zero-order valence-electron chi connectivity index (χ0n) is 20.2. The molecule has 0 spiro atoms. The molecule has 0 radical (unpaired) electrons. The number of fused-ring (bicyclic) bond motifs is 1. The van der Waals surface area contributed by atoms with Crippen molar-refractivity contribution >= 4 is 49.1 Å². The predicted molar refractivity (Wildman–Crippen MR) is 141 cm³/mol. The van der Waals surface area contributed by atoms with Crippen LogP contribution in [0.25, 0.3) is 15.9 Å². The van der Waals surface area contributed by atoms with E-state index in [2.05, 4.69) is 6.92 Å². The van der Waals surface area contributed by atoms with E-state index in [1.807, 2.05) is 26.0 Å². The molecule has 0 aliphatic carbocycles. The second-order valence-electron chi connectivity index (χ2n) is 8.45. The molecule has 0 N–H and O–H groups in total. The summed E-state index contributed by atoms with van der Waals surface area (Å²) in [5.74, 6) is 0.612. The molecule has 1 saturated heterocycles. The van der Waals surface area contributed by atoms with E-state index >= 15 is 0 Å². The zero-order valence-corrected chi connectivity index (χ0v) is 22.7. The highest BCUT2D eigenvalue weighted by Crippen LogP contribution is 2.31. The number of benzene rings is 1. The van der Waals surface area contributed by atoms with Crippen LogP contribution in [0.3, 0.4) is 0 Å². The summed E-state index contributed by atoms with van der Waals surface area (Å²) in [6.45, 7) is 6.28. The zero-order chi connectivity index (χ0) is 25.3. The number of methoxy groups -OCH3 is 1. The summed E-state index contributed by atoms with van der Waals surface area (Å²) in [7, 11) is -1.54. The molecule has 4 rings (SSSR count). The van der Waals surface area contributed by atoms with Crippen LogP contribution in [0.15, 0.2) is 34.2 Å². The van der Waals surface area contributed by atoms with E-state index in [9.17, 15) is 18.0 Å². The number of hydrogen-bond donors (Lipinski definition) is 0. The van der Waals surface area contributed by atoms with Crippen molar-refractivity contribution in [2.24, 2.45) is 0 Å². The third kappa shape index (κ3) is 5.12. The highest BCUT2D eigenvalue weighted by atomic mass is 32.2. The minimum atomic E-state index is -3.10. The summed E-state index contributed by atoms with van der Waals surface area (Å²) >= 11 is 2.70. The molecule has 0 unspecified atom stereocenters. The number of aromatic nitrogens is 2. The Kier molecular flexibility index (Phi) is 7.58. The number of ether oxygens (including phenoxy) is 1. The quantitative estimate of drug-likeness (QED) is 0.322. The van der Waals surface area contributed by atoms with Gasteiger partial charge in [-0.05, 0) is 44.4 Å². The van der Waals surface area contributed by atoms with Gasteiger partial charge in [0.1, 0.15) is 10.6 Å². The van der Waals surface area contributed by atoms with Crippen LogP contribution in [0, 0.1) is 6.92 Å². The van der Waals surface area contributed by atoms with Gasteiger partial charge in [0.25, 0.3) is 5.56 Å². The number of amides is 1. The monoisotopic (exact) mass is 535 g/mol. The summed E-state index contributed by atoms with van der Waals surface area (Å²) in [6.07, 6.45) is 1.27. The molecule has 2 aromatic heterocycles. The van der Waals surface area contributed by atoms with E-state index in [-0.39, 0.29) is 34.8 Å². The first-order valence-corrected chi connectivity index (χ1v) is 15.1. The number of thioether (sulfide) groups is 1. The summed E-state index contributed by atoms with van der Waals surface area (Å²) in [5.41, 5.74) is 1.37. The fraction of sp³-hybridized carbons (Fsp3) is 0.458. The number of sulfone groups is 1. The molecule has 35 heavy (non-hydrogen) atoms. The predicted octanol–water partition coefficient (Wildman–Crippen LogP) is 3.45. The number of nitrogens with zero attached hydrogens (tertiary/aromatic N) is 3. The third-order valence-corrected chi connectivity index (χ3v) is 10.3. The van der Waals surface area contributed by atoms with E-state index in [0.717, 1.165) is 16.9 Å². The molecule has 3 aromatic rings. The summed E-state index contributed by atoms with van der Waals surface area (Å²) in [5, 5.41) is 1.01. The van der Waals surface area contributed by atoms with E-state index in [0.29, 0.717) is 39.8 Å². The Labute approximate surface area is 213 Å². The largest absolute Gasteiger partial charge is 0.497 e. The summed E-state index contributed by atoms with van der Waals surface area (Å²) < 4.78 is 30.8. The lowest BCUT2D eigenvalue weighted by molar-refractivity contribution is -0.129. The molecule has 11 heteroatoms. The van der Waals surface area contributed by atoms with Crippen LogP contribution in [0.4, 0.5) is 0 Å². The molecule has 1 atom stereocenters. The van der Waals surface area contributed by atoms with Gasteiger partial charge in [-0.2, -0.15) is 0 Å². The van der Waals surface area contributed by atoms with Gasteiger partial charge in [-0.15, -0.1) is 11.3 Å². The summed E-state index contributed by atoms with van der Waals surface area (Å²) in [4.78, 5) is 35.1. The van der Waals surface area contributed by atoms with Crippen molar-refractivity contribution in [1.29, 1.82) is 0 Å². The molecule has 1 aliphatic heterocycles. The van der Waals surface area contributed by atoms with Gasteiger partial charge < -0.3 is 9.64 Å². The molecule has 0 saturated carbocycles. The van der Waals surface area contributed by atoms with Gasteiger partial charge in [0, 0.05) is 23.5 Å². The molecule has 1 aliphatic rings. The van der Waals surface area contributed by atoms with Crippen LogP contribution in [-0.4, -0.2) is 65.7 Å². The number of carbonyl (C=O) groups is 1. The Morgan fingerprint density at radius 2 is 2.11 bits per heavy atom. The van der Waals surface area contributed by atoms with Crippen molar-refractivity contribution in [2.45, 2.75) is 44.8 Å². The van der Waals surface area contributed by atoms with Crippen LogP contribution in [0.2, 0.25) is 0 Å². The molecule has 1 aromatic carbocycles. The smallest absolute Gasteiger partial charge is 0.267 e. The van der Waals surface area contributed by atoms with Crippen molar-refractivity contribution in [1.82, 2.24) is 14.5 Å². The van der Waals surface area contributed by atoms with Gasteiger partial charge in [0.2, 0.25) is 5.91 Å². The van der Waals surface area contributed by atoms with Gasteiger partial charge in [0.15, 0.2) is 15.0 Å². The molecular weight excluding hydrogens is 506 g/mol. The Balaban J connectivity index is 1.73. The fourth-order valence-corrected chi connectivity index (χ4v) is 8.28. The van der Waals surface area contributed by atoms with Crippen LogP contribution in [0.5, 0.6) is 5.75 Å². The molecule has 8 nitrogen and oxygen atoms in total. The van der Waals surface area contributed by atoms with Crippen molar-refractivity contribution in [2.75, 3.05) is 30.9 Å². The van der Waals surface area contributed by atoms with Crippen molar-refractivity contribution in [3.63, 3.8) is 0 Å². The second kappa shape index (κ2) is 10.3. The number of carbonyl (C=O) groups excluding carboxylic acids is 1. The maximum atomic E-state index is 13.7. The Morgan fingerprint density at radius 3 is 2.74 bits per heavy atom. The average molecular weight is 536 g/mol. The SMILES string of the molecule is CCc1sc2nc(SCC(=O)N(CC)[C@@H]3CCS(=O)(=O)C3)n(-c3cccc(OC)c3)c(=O)c2c1C. The Bertz CT molecular complexity index is 1430. The highest BCUT2D eigenvalue weighted by Gasteiger charge is 2.34. The van der Waals surface area contributed by atoms with Gasteiger partial charge in [-0.25, -0.2) is 13.4 Å². The van der Waals surface area contributed by atoms with Gasteiger partial charge in [0.05, 0.1) is 35.4 Å². The van der Waals surface area contributed by atoms with E-state index < -0.39 is 9.84 Å². The average Bonchev–Trinajstić information content (AvgIpc) is 3.36. The van der Waals surface area contributed by atoms with Gasteiger partial charge >= 0.3 is 0 Å².